The van der Waals surface area contributed by atoms with Crippen molar-refractivity contribution in [3.63, 3.8) is 0 Å². The van der Waals surface area contributed by atoms with E-state index >= 15 is 0 Å². The number of likely N-dealkylation sites (tertiary alicyclic amines) is 1. The first-order valence-corrected chi connectivity index (χ1v) is 7.35. The zero-order valence-electron chi connectivity index (χ0n) is 12.7. The SMILES string of the molecule is Cc1noc(C)c1[C@@H]1CCCN1C(=O)c1cccc(C#N)c1. The number of carbonyl (C=O) groups excluding carboxylic acids is 1. The normalized spacial score (nSPS) is 17.5. The highest BCUT2D eigenvalue weighted by atomic mass is 16.5. The number of nitriles is 1. The van der Waals surface area contributed by atoms with Gasteiger partial charge in [0.05, 0.1) is 23.4 Å². The third-order valence-electron chi connectivity index (χ3n) is 4.17. The van der Waals surface area contributed by atoms with E-state index in [1.807, 2.05) is 18.7 Å². The van der Waals surface area contributed by atoms with Crippen LogP contribution in [0.3, 0.4) is 0 Å². The van der Waals surface area contributed by atoms with Crippen LogP contribution in [-0.4, -0.2) is 22.5 Å². The van der Waals surface area contributed by atoms with Crippen LogP contribution < -0.4 is 0 Å². The fourth-order valence-electron chi connectivity index (χ4n) is 3.16. The Hall–Kier alpha value is -2.61. The highest BCUT2D eigenvalue weighted by Crippen LogP contribution is 2.36. The molecule has 1 fully saturated rings. The van der Waals surface area contributed by atoms with Gasteiger partial charge in [0.25, 0.3) is 5.91 Å². The molecule has 3 rings (SSSR count). The third kappa shape index (κ3) is 2.37. The molecule has 1 aromatic carbocycles. The minimum Gasteiger partial charge on any atom is -0.361 e. The van der Waals surface area contributed by atoms with E-state index in [9.17, 15) is 4.79 Å². The molecule has 0 N–H and O–H groups in total. The van der Waals surface area contributed by atoms with Crippen LogP contribution >= 0.6 is 0 Å². The van der Waals surface area contributed by atoms with Gasteiger partial charge in [-0.25, -0.2) is 0 Å². The Labute approximate surface area is 129 Å². The minimum atomic E-state index is -0.0420. The van der Waals surface area contributed by atoms with Crippen molar-refractivity contribution in [2.45, 2.75) is 32.7 Å². The molecule has 1 aliphatic heterocycles. The molecule has 0 unspecified atom stereocenters. The maximum atomic E-state index is 12.8. The molecule has 112 valence electrons. The van der Waals surface area contributed by atoms with Crippen molar-refractivity contribution in [3.8, 4) is 6.07 Å². The number of aryl methyl sites for hydroxylation is 2. The summed E-state index contributed by atoms with van der Waals surface area (Å²) in [4.78, 5) is 14.7. The van der Waals surface area contributed by atoms with Gasteiger partial charge in [-0.3, -0.25) is 4.79 Å². The van der Waals surface area contributed by atoms with Gasteiger partial charge >= 0.3 is 0 Å². The summed E-state index contributed by atoms with van der Waals surface area (Å²) in [6, 6.07) is 8.92. The number of hydrogen-bond acceptors (Lipinski definition) is 4. The lowest BCUT2D eigenvalue weighted by Crippen LogP contribution is -2.31. The van der Waals surface area contributed by atoms with Crippen molar-refractivity contribution in [3.05, 3.63) is 52.4 Å². The van der Waals surface area contributed by atoms with Crippen molar-refractivity contribution in [2.75, 3.05) is 6.54 Å². The number of carbonyl (C=O) groups is 1. The van der Waals surface area contributed by atoms with Gasteiger partial charge in [-0.15, -0.1) is 0 Å². The molecule has 1 aliphatic rings. The van der Waals surface area contributed by atoms with Gasteiger partial charge in [0.15, 0.2) is 0 Å². The Kier molecular flexibility index (Phi) is 3.68. The van der Waals surface area contributed by atoms with Crippen molar-refractivity contribution in [1.29, 1.82) is 5.26 Å². The second-order valence-corrected chi connectivity index (χ2v) is 5.59. The Balaban J connectivity index is 1.93. The van der Waals surface area contributed by atoms with E-state index < -0.39 is 0 Å². The zero-order chi connectivity index (χ0) is 15.7. The summed E-state index contributed by atoms with van der Waals surface area (Å²) in [7, 11) is 0. The van der Waals surface area contributed by atoms with Gasteiger partial charge in [-0.1, -0.05) is 11.2 Å². The molecule has 0 saturated carbocycles. The molecular formula is C17H17N3O2. The smallest absolute Gasteiger partial charge is 0.254 e. The van der Waals surface area contributed by atoms with Gasteiger partial charge in [-0.2, -0.15) is 5.26 Å². The first-order chi connectivity index (χ1) is 10.6. The van der Waals surface area contributed by atoms with Crippen molar-refractivity contribution in [1.82, 2.24) is 10.1 Å². The number of nitrogens with zero attached hydrogens (tertiary/aromatic N) is 3. The summed E-state index contributed by atoms with van der Waals surface area (Å²) < 4.78 is 5.25. The quantitative estimate of drug-likeness (QED) is 0.853. The molecule has 1 saturated heterocycles. The van der Waals surface area contributed by atoms with Crippen LogP contribution in [0.15, 0.2) is 28.8 Å². The molecule has 5 nitrogen and oxygen atoms in total. The standard InChI is InChI=1S/C17H17N3O2/c1-11-16(12(2)22-19-11)15-7-4-8-20(15)17(21)14-6-3-5-13(9-14)10-18/h3,5-6,9,15H,4,7-8H2,1-2H3/t15-/m0/s1. The molecule has 0 radical (unpaired) electrons. The number of amides is 1. The number of aromatic nitrogens is 1. The summed E-state index contributed by atoms with van der Waals surface area (Å²) in [5.74, 6) is 0.729. The van der Waals surface area contributed by atoms with Crippen molar-refractivity contribution in [2.24, 2.45) is 0 Å². The number of rotatable bonds is 2. The Morgan fingerprint density at radius 3 is 2.95 bits per heavy atom. The summed E-state index contributed by atoms with van der Waals surface area (Å²) in [6.07, 6.45) is 1.87. The van der Waals surface area contributed by atoms with E-state index in [1.54, 1.807) is 24.3 Å². The molecule has 1 atom stereocenters. The second kappa shape index (κ2) is 5.64. The van der Waals surface area contributed by atoms with E-state index in [0.29, 0.717) is 17.7 Å². The number of hydrogen-bond donors (Lipinski definition) is 0. The fraction of sp³-hybridized carbons (Fsp3) is 0.353. The highest BCUT2D eigenvalue weighted by molar-refractivity contribution is 5.95. The van der Waals surface area contributed by atoms with Gasteiger partial charge in [-0.05, 0) is 44.9 Å². The predicted molar refractivity (Wildman–Crippen MR) is 80.1 cm³/mol. The molecular weight excluding hydrogens is 278 g/mol. The molecule has 2 heterocycles. The van der Waals surface area contributed by atoms with Crippen LogP contribution in [0.1, 0.15) is 51.8 Å². The maximum absolute atomic E-state index is 12.8. The maximum Gasteiger partial charge on any atom is 0.254 e. The molecule has 0 spiro atoms. The van der Waals surface area contributed by atoms with Crippen LogP contribution in [0, 0.1) is 25.2 Å². The second-order valence-electron chi connectivity index (χ2n) is 5.59. The Morgan fingerprint density at radius 2 is 2.27 bits per heavy atom. The molecule has 1 amide bonds. The molecule has 0 aliphatic carbocycles. The fourth-order valence-corrected chi connectivity index (χ4v) is 3.16. The van der Waals surface area contributed by atoms with Crippen LogP contribution in [-0.2, 0) is 0 Å². The van der Waals surface area contributed by atoms with Crippen LogP contribution in [0.4, 0.5) is 0 Å². The Bertz CT molecular complexity index is 738. The molecule has 5 heteroatoms. The third-order valence-corrected chi connectivity index (χ3v) is 4.17. The highest BCUT2D eigenvalue weighted by Gasteiger charge is 2.34. The van der Waals surface area contributed by atoms with Crippen LogP contribution in [0.25, 0.3) is 0 Å². The summed E-state index contributed by atoms with van der Waals surface area (Å²) >= 11 is 0. The Morgan fingerprint density at radius 1 is 1.45 bits per heavy atom. The van der Waals surface area contributed by atoms with Crippen LogP contribution in [0.5, 0.6) is 0 Å². The largest absolute Gasteiger partial charge is 0.361 e. The average Bonchev–Trinajstić information content (AvgIpc) is 3.13. The van der Waals surface area contributed by atoms with E-state index in [-0.39, 0.29) is 11.9 Å². The zero-order valence-corrected chi connectivity index (χ0v) is 12.7. The van der Waals surface area contributed by atoms with Crippen molar-refractivity contribution < 1.29 is 9.32 Å². The van der Waals surface area contributed by atoms with Gasteiger partial charge in [0, 0.05) is 17.7 Å². The van der Waals surface area contributed by atoms with Gasteiger partial charge < -0.3 is 9.42 Å². The average molecular weight is 295 g/mol. The van der Waals surface area contributed by atoms with E-state index in [2.05, 4.69) is 11.2 Å². The summed E-state index contributed by atoms with van der Waals surface area (Å²) in [6.45, 7) is 4.50. The van der Waals surface area contributed by atoms with Gasteiger partial charge in [0.1, 0.15) is 5.76 Å². The van der Waals surface area contributed by atoms with E-state index in [1.165, 1.54) is 0 Å². The lowest BCUT2D eigenvalue weighted by atomic mass is 10.0. The summed E-state index contributed by atoms with van der Waals surface area (Å²) in [5, 5.41) is 13.0. The lowest BCUT2D eigenvalue weighted by Gasteiger charge is -2.25. The number of benzene rings is 1. The van der Waals surface area contributed by atoms with Crippen LogP contribution in [0.2, 0.25) is 0 Å². The molecule has 1 aromatic heterocycles. The molecule has 22 heavy (non-hydrogen) atoms. The summed E-state index contributed by atoms with van der Waals surface area (Å²) in [5.41, 5.74) is 2.91. The van der Waals surface area contributed by atoms with Gasteiger partial charge in [0.2, 0.25) is 0 Å². The van der Waals surface area contributed by atoms with E-state index in [0.717, 1.165) is 29.9 Å². The lowest BCUT2D eigenvalue weighted by molar-refractivity contribution is 0.0734. The predicted octanol–water partition coefficient (Wildman–Crippen LogP) is 3.14. The topological polar surface area (TPSA) is 70.1 Å². The molecule has 2 aromatic rings. The first-order valence-electron chi connectivity index (χ1n) is 7.35. The minimum absolute atomic E-state index is 0.00416. The first kappa shape index (κ1) is 14.3. The monoisotopic (exact) mass is 295 g/mol. The molecule has 0 bridgehead atoms. The van der Waals surface area contributed by atoms with E-state index in [4.69, 9.17) is 9.78 Å². The van der Waals surface area contributed by atoms with Crippen molar-refractivity contribution >= 4 is 5.91 Å².